The molecule has 2 aliphatic carbocycles. The summed E-state index contributed by atoms with van der Waals surface area (Å²) in [6.07, 6.45) is 7.46. The second kappa shape index (κ2) is 4.10. The van der Waals surface area contributed by atoms with Gasteiger partial charge in [-0.15, -0.1) is 0 Å². The Hall–Kier alpha value is -1.44. The van der Waals surface area contributed by atoms with Crippen molar-refractivity contribution in [3.8, 4) is 5.75 Å². The van der Waals surface area contributed by atoms with Crippen LogP contribution in [-0.4, -0.2) is 11.1 Å². The molecule has 0 aliphatic heterocycles. The summed E-state index contributed by atoms with van der Waals surface area (Å²) >= 11 is 0. The van der Waals surface area contributed by atoms with E-state index < -0.39 is 0 Å². The summed E-state index contributed by atoms with van der Waals surface area (Å²) in [7, 11) is 0. The first-order valence-electron chi connectivity index (χ1n) is 6.46. The highest BCUT2D eigenvalue weighted by molar-refractivity contribution is 5.46. The maximum atomic E-state index is 9.25. The van der Waals surface area contributed by atoms with Crippen molar-refractivity contribution in [1.29, 1.82) is 0 Å². The van der Waals surface area contributed by atoms with Gasteiger partial charge in [-0.1, -0.05) is 12.2 Å². The largest absolute Gasteiger partial charge is 0.508 e. The number of nitrogens with one attached hydrogen (secondary N) is 1. The molecule has 0 radical (unpaired) electrons. The fourth-order valence-corrected chi connectivity index (χ4v) is 3.33. The van der Waals surface area contributed by atoms with Gasteiger partial charge in [0.15, 0.2) is 0 Å². The number of hydrogen-bond acceptors (Lipinski definition) is 2. The van der Waals surface area contributed by atoms with Crippen molar-refractivity contribution in [3.05, 3.63) is 36.4 Å². The molecule has 17 heavy (non-hydrogen) atoms. The average Bonchev–Trinajstić information content (AvgIpc) is 2.94. The minimum atomic E-state index is 0.325. The van der Waals surface area contributed by atoms with E-state index in [0.717, 1.165) is 23.4 Å². The van der Waals surface area contributed by atoms with Crippen LogP contribution in [0.2, 0.25) is 0 Å². The predicted octanol–water partition coefficient (Wildman–Crippen LogP) is 3.40. The van der Waals surface area contributed by atoms with Crippen molar-refractivity contribution >= 4 is 5.69 Å². The molecule has 4 unspecified atom stereocenters. The zero-order valence-corrected chi connectivity index (χ0v) is 10.1. The number of phenolic OH excluding ortho intramolecular Hbond substituents is 1. The summed E-state index contributed by atoms with van der Waals surface area (Å²) in [4.78, 5) is 0. The molecule has 0 aromatic heterocycles. The fraction of sp³-hybridized carbons (Fsp3) is 0.467. The molecule has 0 saturated heterocycles. The van der Waals surface area contributed by atoms with Crippen LogP contribution in [0, 0.1) is 17.8 Å². The molecule has 3 rings (SSSR count). The maximum Gasteiger partial charge on any atom is 0.115 e. The van der Waals surface area contributed by atoms with Gasteiger partial charge in [0.2, 0.25) is 0 Å². The van der Waals surface area contributed by atoms with E-state index in [-0.39, 0.29) is 0 Å². The minimum Gasteiger partial charge on any atom is -0.508 e. The number of phenols is 1. The van der Waals surface area contributed by atoms with Crippen LogP contribution in [0.5, 0.6) is 5.75 Å². The molecule has 0 amide bonds. The fourth-order valence-electron chi connectivity index (χ4n) is 3.33. The van der Waals surface area contributed by atoms with Crippen LogP contribution in [0.25, 0.3) is 0 Å². The monoisotopic (exact) mass is 229 g/mol. The molecule has 1 fully saturated rings. The second-order valence-electron chi connectivity index (χ2n) is 5.42. The van der Waals surface area contributed by atoms with Crippen LogP contribution in [0.15, 0.2) is 36.4 Å². The summed E-state index contributed by atoms with van der Waals surface area (Å²) < 4.78 is 0. The van der Waals surface area contributed by atoms with Gasteiger partial charge >= 0.3 is 0 Å². The standard InChI is InChI=1S/C15H19NO/c1-10(15-9-11-2-3-12(15)8-11)16-13-4-6-14(17)7-5-13/h2-7,10-12,15-17H,8-9H2,1H3. The van der Waals surface area contributed by atoms with Gasteiger partial charge in [0.25, 0.3) is 0 Å². The van der Waals surface area contributed by atoms with E-state index in [4.69, 9.17) is 0 Å². The van der Waals surface area contributed by atoms with E-state index in [1.807, 2.05) is 12.1 Å². The Morgan fingerprint density at radius 3 is 2.53 bits per heavy atom. The Kier molecular flexibility index (Phi) is 2.58. The number of benzene rings is 1. The van der Waals surface area contributed by atoms with Gasteiger partial charge in [0.1, 0.15) is 5.75 Å². The number of fused-ring (bicyclic) bond motifs is 2. The molecule has 1 saturated carbocycles. The number of aromatic hydroxyl groups is 1. The summed E-state index contributed by atoms with van der Waals surface area (Å²) in [6.45, 7) is 2.27. The Bertz CT molecular complexity index is 423. The summed E-state index contributed by atoms with van der Waals surface area (Å²) in [5.41, 5.74) is 1.10. The van der Waals surface area contributed by atoms with E-state index in [2.05, 4.69) is 24.4 Å². The van der Waals surface area contributed by atoms with Crippen molar-refractivity contribution in [2.24, 2.45) is 17.8 Å². The quantitative estimate of drug-likeness (QED) is 0.615. The van der Waals surface area contributed by atoms with Gasteiger partial charge in [-0.3, -0.25) is 0 Å². The summed E-state index contributed by atoms with van der Waals surface area (Å²) in [5.74, 6) is 2.69. The summed E-state index contributed by atoms with van der Waals surface area (Å²) in [6, 6.07) is 7.84. The first kappa shape index (κ1) is 10.7. The molecule has 1 aromatic carbocycles. The van der Waals surface area contributed by atoms with E-state index in [1.54, 1.807) is 12.1 Å². The van der Waals surface area contributed by atoms with Crippen LogP contribution in [0.1, 0.15) is 19.8 Å². The first-order valence-corrected chi connectivity index (χ1v) is 6.46. The van der Waals surface area contributed by atoms with Gasteiger partial charge in [-0.05, 0) is 61.8 Å². The van der Waals surface area contributed by atoms with Gasteiger partial charge in [-0.2, -0.15) is 0 Å². The molecule has 0 heterocycles. The van der Waals surface area contributed by atoms with Crippen molar-refractivity contribution in [2.45, 2.75) is 25.8 Å². The lowest BCUT2D eigenvalue weighted by Gasteiger charge is -2.27. The zero-order chi connectivity index (χ0) is 11.8. The third-order valence-electron chi connectivity index (χ3n) is 4.23. The third-order valence-corrected chi connectivity index (χ3v) is 4.23. The first-order chi connectivity index (χ1) is 8.22. The molecule has 2 N–H and O–H groups in total. The molecule has 0 spiro atoms. The third kappa shape index (κ3) is 2.04. The van der Waals surface area contributed by atoms with Gasteiger partial charge in [0.05, 0.1) is 0 Å². The lowest BCUT2D eigenvalue weighted by atomic mass is 9.87. The molecule has 90 valence electrons. The van der Waals surface area contributed by atoms with Crippen molar-refractivity contribution < 1.29 is 5.11 Å². The minimum absolute atomic E-state index is 0.325. The van der Waals surface area contributed by atoms with Gasteiger partial charge in [0, 0.05) is 11.7 Å². The predicted molar refractivity (Wildman–Crippen MR) is 70.0 cm³/mol. The Balaban J connectivity index is 1.65. The number of allylic oxidation sites excluding steroid dienone is 2. The maximum absolute atomic E-state index is 9.25. The average molecular weight is 229 g/mol. The van der Waals surface area contributed by atoms with Crippen LogP contribution in [-0.2, 0) is 0 Å². The SMILES string of the molecule is CC(Nc1ccc(O)cc1)C1CC2C=CC1C2. The molecule has 2 heteroatoms. The molecule has 2 nitrogen and oxygen atoms in total. The molecule has 1 aromatic rings. The highest BCUT2D eigenvalue weighted by Crippen LogP contribution is 2.45. The van der Waals surface area contributed by atoms with Crippen LogP contribution < -0.4 is 5.32 Å². The lowest BCUT2D eigenvalue weighted by Crippen LogP contribution is -2.28. The van der Waals surface area contributed by atoms with Crippen LogP contribution in [0.3, 0.4) is 0 Å². The normalized spacial score (nSPS) is 31.7. The topological polar surface area (TPSA) is 32.3 Å². The van der Waals surface area contributed by atoms with E-state index >= 15 is 0 Å². The van der Waals surface area contributed by atoms with Gasteiger partial charge in [-0.25, -0.2) is 0 Å². The van der Waals surface area contributed by atoms with Crippen LogP contribution >= 0.6 is 0 Å². The van der Waals surface area contributed by atoms with E-state index in [0.29, 0.717) is 11.8 Å². The van der Waals surface area contributed by atoms with Gasteiger partial charge < -0.3 is 10.4 Å². The number of anilines is 1. The zero-order valence-electron chi connectivity index (χ0n) is 10.1. The Morgan fingerprint density at radius 1 is 1.18 bits per heavy atom. The molecular weight excluding hydrogens is 210 g/mol. The van der Waals surface area contributed by atoms with Crippen molar-refractivity contribution in [3.63, 3.8) is 0 Å². The summed E-state index contributed by atoms with van der Waals surface area (Å²) in [5, 5.41) is 12.8. The van der Waals surface area contributed by atoms with E-state index in [9.17, 15) is 5.11 Å². The van der Waals surface area contributed by atoms with Crippen LogP contribution in [0.4, 0.5) is 5.69 Å². The lowest BCUT2D eigenvalue weighted by molar-refractivity contribution is 0.400. The van der Waals surface area contributed by atoms with Crippen molar-refractivity contribution in [2.75, 3.05) is 5.32 Å². The van der Waals surface area contributed by atoms with Crippen molar-refractivity contribution in [1.82, 2.24) is 0 Å². The molecule has 2 bridgehead atoms. The van der Waals surface area contributed by atoms with E-state index in [1.165, 1.54) is 12.8 Å². The number of hydrogen-bond donors (Lipinski definition) is 2. The molecule has 2 aliphatic rings. The highest BCUT2D eigenvalue weighted by Gasteiger charge is 2.38. The smallest absolute Gasteiger partial charge is 0.115 e. The molecule has 4 atom stereocenters. The molecular formula is C15H19NO. The number of rotatable bonds is 3. The Labute approximate surface area is 102 Å². The highest BCUT2D eigenvalue weighted by atomic mass is 16.3. The second-order valence-corrected chi connectivity index (χ2v) is 5.42. The Morgan fingerprint density at radius 2 is 1.94 bits per heavy atom.